The van der Waals surface area contributed by atoms with Crippen LogP contribution in [0.15, 0.2) is 18.2 Å². The molecule has 1 aromatic carbocycles. The Morgan fingerprint density at radius 1 is 1.39 bits per heavy atom. The molecule has 1 saturated heterocycles. The molecule has 1 heterocycles. The monoisotopic (exact) mass is 248 g/mol. The standard InChI is InChI=1S/C15H24N2O/c1-17(2)14-6-7-15(18-3)13(10-14)9-12-5-4-8-16-11-12/h6-7,10,12,16H,4-5,8-9,11H2,1-3H3. The summed E-state index contributed by atoms with van der Waals surface area (Å²) in [4.78, 5) is 2.14. The molecule has 1 atom stereocenters. The zero-order valence-corrected chi connectivity index (χ0v) is 11.7. The van der Waals surface area contributed by atoms with Crippen LogP contribution >= 0.6 is 0 Å². The molecule has 3 heteroatoms. The number of nitrogens with zero attached hydrogens (tertiary/aromatic N) is 1. The second kappa shape index (κ2) is 6.10. The molecule has 1 N–H and O–H groups in total. The molecule has 0 radical (unpaired) electrons. The van der Waals surface area contributed by atoms with Gasteiger partial charge in [0.2, 0.25) is 0 Å². The van der Waals surface area contributed by atoms with Crippen molar-refractivity contribution in [1.29, 1.82) is 0 Å². The molecule has 0 bridgehead atoms. The summed E-state index contributed by atoms with van der Waals surface area (Å²) in [6.07, 6.45) is 3.72. The second-order valence-electron chi connectivity index (χ2n) is 5.31. The number of hydrogen-bond acceptors (Lipinski definition) is 3. The van der Waals surface area contributed by atoms with Crippen LogP contribution in [-0.4, -0.2) is 34.3 Å². The van der Waals surface area contributed by atoms with E-state index in [1.807, 2.05) is 0 Å². The first-order chi connectivity index (χ1) is 8.70. The number of nitrogens with one attached hydrogen (secondary N) is 1. The van der Waals surface area contributed by atoms with Gasteiger partial charge in [0.1, 0.15) is 5.75 Å². The van der Waals surface area contributed by atoms with Crippen LogP contribution in [0.3, 0.4) is 0 Å². The van der Waals surface area contributed by atoms with Gasteiger partial charge in [-0.1, -0.05) is 0 Å². The molecule has 0 aromatic heterocycles. The van der Waals surface area contributed by atoms with Crippen LogP contribution in [0.25, 0.3) is 0 Å². The Hall–Kier alpha value is -1.22. The van der Waals surface area contributed by atoms with Gasteiger partial charge in [-0.2, -0.15) is 0 Å². The summed E-state index contributed by atoms with van der Waals surface area (Å²) in [5.41, 5.74) is 2.58. The summed E-state index contributed by atoms with van der Waals surface area (Å²) in [6.45, 7) is 2.31. The van der Waals surface area contributed by atoms with E-state index in [2.05, 4.69) is 42.5 Å². The van der Waals surface area contributed by atoms with Gasteiger partial charge in [0.15, 0.2) is 0 Å². The molecular formula is C15H24N2O. The Morgan fingerprint density at radius 2 is 2.22 bits per heavy atom. The number of piperidine rings is 1. The van der Waals surface area contributed by atoms with E-state index >= 15 is 0 Å². The number of methoxy groups -OCH3 is 1. The lowest BCUT2D eigenvalue weighted by Gasteiger charge is -2.24. The first kappa shape index (κ1) is 13.2. The lowest BCUT2D eigenvalue weighted by atomic mass is 9.91. The molecule has 0 spiro atoms. The normalized spacial score (nSPS) is 19.6. The fourth-order valence-electron chi connectivity index (χ4n) is 2.61. The molecule has 1 aromatic rings. The summed E-state index contributed by atoms with van der Waals surface area (Å²) >= 11 is 0. The Labute approximate surface area is 110 Å². The number of hydrogen-bond donors (Lipinski definition) is 1. The quantitative estimate of drug-likeness (QED) is 0.885. The van der Waals surface area contributed by atoms with E-state index < -0.39 is 0 Å². The molecule has 1 fully saturated rings. The van der Waals surface area contributed by atoms with Gasteiger partial charge in [-0.3, -0.25) is 0 Å². The average molecular weight is 248 g/mol. The number of ether oxygens (including phenoxy) is 1. The van der Waals surface area contributed by atoms with Gasteiger partial charge in [0.25, 0.3) is 0 Å². The molecule has 3 nitrogen and oxygen atoms in total. The molecule has 100 valence electrons. The molecule has 0 saturated carbocycles. The van der Waals surface area contributed by atoms with Crippen molar-refractivity contribution >= 4 is 5.69 Å². The van der Waals surface area contributed by atoms with E-state index in [-0.39, 0.29) is 0 Å². The van der Waals surface area contributed by atoms with Crippen molar-refractivity contribution in [2.75, 3.05) is 39.2 Å². The van der Waals surface area contributed by atoms with Crippen molar-refractivity contribution in [3.05, 3.63) is 23.8 Å². The van der Waals surface area contributed by atoms with Crippen molar-refractivity contribution in [2.24, 2.45) is 5.92 Å². The molecule has 1 aliphatic rings. The van der Waals surface area contributed by atoms with Gasteiger partial charge in [-0.25, -0.2) is 0 Å². The maximum Gasteiger partial charge on any atom is 0.122 e. The third-order valence-electron chi connectivity index (χ3n) is 3.69. The van der Waals surface area contributed by atoms with E-state index in [1.165, 1.54) is 30.6 Å². The Balaban J connectivity index is 2.15. The maximum atomic E-state index is 5.48. The van der Waals surface area contributed by atoms with Gasteiger partial charge in [-0.15, -0.1) is 0 Å². The minimum atomic E-state index is 0.741. The fraction of sp³-hybridized carbons (Fsp3) is 0.600. The number of benzene rings is 1. The van der Waals surface area contributed by atoms with Gasteiger partial charge < -0.3 is 15.0 Å². The smallest absolute Gasteiger partial charge is 0.122 e. The Bertz CT molecular complexity index is 384. The van der Waals surface area contributed by atoms with E-state index in [0.717, 1.165) is 24.6 Å². The first-order valence-electron chi connectivity index (χ1n) is 6.75. The van der Waals surface area contributed by atoms with Crippen LogP contribution in [0.1, 0.15) is 18.4 Å². The Kier molecular flexibility index (Phi) is 4.48. The van der Waals surface area contributed by atoms with Crippen molar-refractivity contribution < 1.29 is 4.74 Å². The topological polar surface area (TPSA) is 24.5 Å². The lowest BCUT2D eigenvalue weighted by Crippen LogP contribution is -2.30. The van der Waals surface area contributed by atoms with Gasteiger partial charge >= 0.3 is 0 Å². The zero-order chi connectivity index (χ0) is 13.0. The summed E-state index contributed by atoms with van der Waals surface area (Å²) in [5.74, 6) is 1.76. The highest BCUT2D eigenvalue weighted by Gasteiger charge is 2.16. The molecule has 18 heavy (non-hydrogen) atoms. The number of rotatable bonds is 4. The predicted molar refractivity (Wildman–Crippen MR) is 76.6 cm³/mol. The van der Waals surface area contributed by atoms with E-state index in [4.69, 9.17) is 4.74 Å². The third kappa shape index (κ3) is 3.16. The fourth-order valence-corrected chi connectivity index (χ4v) is 2.61. The van der Waals surface area contributed by atoms with Crippen LogP contribution in [0.4, 0.5) is 5.69 Å². The second-order valence-corrected chi connectivity index (χ2v) is 5.31. The molecule has 0 aliphatic carbocycles. The van der Waals surface area contributed by atoms with Crippen LogP contribution in [0.5, 0.6) is 5.75 Å². The van der Waals surface area contributed by atoms with Gasteiger partial charge in [0.05, 0.1) is 7.11 Å². The van der Waals surface area contributed by atoms with E-state index in [9.17, 15) is 0 Å². The minimum Gasteiger partial charge on any atom is -0.496 e. The summed E-state index contributed by atoms with van der Waals surface area (Å²) in [6, 6.07) is 6.45. The van der Waals surface area contributed by atoms with Crippen molar-refractivity contribution in [3.8, 4) is 5.75 Å². The zero-order valence-electron chi connectivity index (χ0n) is 11.7. The minimum absolute atomic E-state index is 0.741. The maximum absolute atomic E-state index is 5.48. The van der Waals surface area contributed by atoms with Crippen LogP contribution in [0, 0.1) is 5.92 Å². The van der Waals surface area contributed by atoms with Crippen molar-refractivity contribution in [1.82, 2.24) is 5.32 Å². The van der Waals surface area contributed by atoms with E-state index in [1.54, 1.807) is 7.11 Å². The highest BCUT2D eigenvalue weighted by Crippen LogP contribution is 2.28. The van der Waals surface area contributed by atoms with Crippen LogP contribution in [-0.2, 0) is 6.42 Å². The molecular weight excluding hydrogens is 224 g/mol. The summed E-state index contributed by atoms with van der Waals surface area (Å²) in [7, 11) is 5.91. The average Bonchev–Trinajstić information content (AvgIpc) is 2.39. The van der Waals surface area contributed by atoms with Crippen molar-refractivity contribution in [3.63, 3.8) is 0 Å². The first-order valence-corrected chi connectivity index (χ1v) is 6.75. The Morgan fingerprint density at radius 3 is 2.83 bits per heavy atom. The highest BCUT2D eigenvalue weighted by molar-refractivity contribution is 5.52. The molecule has 0 amide bonds. The number of anilines is 1. The van der Waals surface area contributed by atoms with Crippen LogP contribution in [0.2, 0.25) is 0 Å². The highest BCUT2D eigenvalue weighted by atomic mass is 16.5. The molecule has 2 rings (SSSR count). The van der Waals surface area contributed by atoms with E-state index in [0.29, 0.717) is 0 Å². The summed E-state index contributed by atoms with van der Waals surface area (Å²) in [5, 5.41) is 3.48. The summed E-state index contributed by atoms with van der Waals surface area (Å²) < 4.78 is 5.48. The molecule has 1 aliphatic heterocycles. The molecule has 1 unspecified atom stereocenters. The van der Waals surface area contributed by atoms with Gasteiger partial charge in [-0.05, 0) is 62.0 Å². The third-order valence-corrected chi connectivity index (χ3v) is 3.69. The van der Waals surface area contributed by atoms with Crippen LogP contribution < -0.4 is 15.0 Å². The largest absolute Gasteiger partial charge is 0.496 e. The van der Waals surface area contributed by atoms with Crippen molar-refractivity contribution in [2.45, 2.75) is 19.3 Å². The van der Waals surface area contributed by atoms with Gasteiger partial charge in [0, 0.05) is 19.8 Å². The lowest BCUT2D eigenvalue weighted by molar-refractivity contribution is 0.364. The SMILES string of the molecule is COc1ccc(N(C)C)cc1CC1CCCNC1. The predicted octanol–water partition coefficient (Wildman–Crippen LogP) is 2.30.